The van der Waals surface area contributed by atoms with E-state index in [9.17, 15) is 9.59 Å². The van der Waals surface area contributed by atoms with Crippen LogP contribution in [0.4, 0.5) is 0 Å². The number of carboxylic acids is 1. The van der Waals surface area contributed by atoms with Gasteiger partial charge in [0.1, 0.15) is 11.6 Å². The molecule has 0 heterocycles. The minimum Gasteiger partial charge on any atom is -0.478 e. The highest BCUT2D eigenvalue weighted by Gasteiger charge is 2.19. The van der Waals surface area contributed by atoms with Crippen LogP contribution in [0, 0.1) is 11.3 Å². The monoisotopic (exact) mass is 181 g/mol. The summed E-state index contributed by atoms with van der Waals surface area (Å²) in [4.78, 5) is 21.1. The van der Waals surface area contributed by atoms with Gasteiger partial charge in [0, 0.05) is 0 Å². The zero-order chi connectivity index (χ0) is 10.4. The molecule has 0 aliphatic rings. The number of esters is 1. The average Bonchev–Trinajstić information content (AvgIpc) is 2.11. The Labute approximate surface area is 74.5 Å². The van der Waals surface area contributed by atoms with Gasteiger partial charge in [0.2, 0.25) is 6.10 Å². The van der Waals surface area contributed by atoms with Crippen LogP contribution >= 0.6 is 0 Å². The van der Waals surface area contributed by atoms with Crippen LogP contribution in [0.25, 0.3) is 0 Å². The lowest BCUT2D eigenvalue weighted by atomic mass is 10.3. The maximum Gasteiger partial charge on any atom is 0.349 e. The maximum atomic E-state index is 10.8. The summed E-state index contributed by atoms with van der Waals surface area (Å²) >= 11 is 0. The number of carboxylic acid groups (broad SMARTS) is 1. The van der Waals surface area contributed by atoms with Crippen LogP contribution in [0.1, 0.15) is 0 Å². The van der Waals surface area contributed by atoms with E-state index in [4.69, 9.17) is 10.4 Å². The lowest BCUT2D eigenvalue weighted by molar-refractivity contribution is -0.157. The summed E-state index contributed by atoms with van der Waals surface area (Å²) in [6.45, 7) is 6.21. The van der Waals surface area contributed by atoms with Crippen LogP contribution in [-0.4, -0.2) is 23.1 Å². The SMILES string of the molecule is C=CC(OC(=O)C(=C)C#N)C(=O)O. The van der Waals surface area contributed by atoms with Gasteiger partial charge in [-0.05, 0) is 6.08 Å². The van der Waals surface area contributed by atoms with Crippen molar-refractivity contribution in [2.75, 3.05) is 0 Å². The molecular formula is C8H7NO4. The highest BCUT2D eigenvalue weighted by Crippen LogP contribution is 1.99. The molecule has 0 spiro atoms. The number of carbonyl (C=O) groups excluding carboxylic acids is 1. The van der Waals surface area contributed by atoms with Crippen LogP contribution in [0.15, 0.2) is 24.8 Å². The van der Waals surface area contributed by atoms with Crippen molar-refractivity contribution in [3.8, 4) is 6.07 Å². The number of carbonyl (C=O) groups is 2. The van der Waals surface area contributed by atoms with E-state index in [1.54, 1.807) is 0 Å². The van der Waals surface area contributed by atoms with Gasteiger partial charge in [0.25, 0.3) is 0 Å². The Morgan fingerprint density at radius 3 is 2.46 bits per heavy atom. The fraction of sp³-hybridized carbons (Fsp3) is 0.125. The van der Waals surface area contributed by atoms with E-state index in [0.717, 1.165) is 6.08 Å². The summed E-state index contributed by atoms with van der Waals surface area (Å²) in [6, 6.07) is 1.44. The summed E-state index contributed by atoms with van der Waals surface area (Å²) in [5.41, 5.74) is -0.451. The van der Waals surface area contributed by atoms with E-state index in [0.29, 0.717) is 0 Å². The van der Waals surface area contributed by atoms with Crippen molar-refractivity contribution in [1.82, 2.24) is 0 Å². The van der Waals surface area contributed by atoms with E-state index >= 15 is 0 Å². The van der Waals surface area contributed by atoms with Gasteiger partial charge in [-0.25, -0.2) is 9.59 Å². The molecule has 5 nitrogen and oxygen atoms in total. The van der Waals surface area contributed by atoms with Crippen molar-refractivity contribution in [2.45, 2.75) is 6.10 Å². The number of rotatable bonds is 4. The molecule has 0 saturated heterocycles. The van der Waals surface area contributed by atoms with E-state index in [1.807, 2.05) is 0 Å². The fourth-order valence-corrected chi connectivity index (χ4v) is 0.431. The van der Waals surface area contributed by atoms with Crippen LogP contribution in [-0.2, 0) is 14.3 Å². The molecule has 0 amide bonds. The third-order valence-corrected chi connectivity index (χ3v) is 1.07. The number of nitrogens with zero attached hydrogens (tertiary/aromatic N) is 1. The standard InChI is InChI=1S/C8H7NO4/c1-3-6(7(10)11)13-8(12)5(2)4-9/h3,6H,1-2H2,(H,10,11). The lowest BCUT2D eigenvalue weighted by Crippen LogP contribution is -2.25. The normalized spacial score (nSPS) is 10.7. The zero-order valence-corrected chi connectivity index (χ0v) is 6.69. The molecule has 68 valence electrons. The molecule has 0 saturated carbocycles. The number of ether oxygens (including phenoxy) is 1. The summed E-state index contributed by atoms with van der Waals surface area (Å²) in [6.07, 6.45) is -0.511. The zero-order valence-electron chi connectivity index (χ0n) is 6.69. The van der Waals surface area contributed by atoms with Gasteiger partial charge in [-0.3, -0.25) is 0 Å². The molecule has 0 aliphatic carbocycles. The molecule has 0 aromatic heterocycles. The van der Waals surface area contributed by atoms with E-state index in [1.165, 1.54) is 6.07 Å². The number of nitriles is 1. The molecule has 0 aromatic rings. The first kappa shape index (κ1) is 10.9. The Morgan fingerprint density at radius 1 is 1.62 bits per heavy atom. The molecule has 5 heteroatoms. The van der Waals surface area contributed by atoms with Crippen LogP contribution in [0.5, 0.6) is 0 Å². The summed E-state index contributed by atoms with van der Waals surface area (Å²) < 4.78 is 4.34. The molecule has 1 unspecified atom stereocenters. The van der Waals surface area contributed by atoms with Crippen molar-refractivity contribution >= 4 is 11.9 Å². The highest BCUT2D eigenvalue weighted by atomic mass is 16.6. The Bertz CT molecular complexity index is 300. The number of hydrogen-bond donors (Lipinski definition) is 1. The minimum atomic E-state index is -1.45. The van der Waals surface area contributed by atoms with E-state index in [-0.39, 0.29) is 0 Å². The van der Waals surface area contributed by atoms with Crippen molar-refractivity contribution in [2.24, 2.45) is 0 Å². The second-order valence-corrected chi connectivity index (χ2v) is 1.99. The van der Waals surface area contributed by atoms with Gasteiger partial charge in [-0.2, -0.15) is 5.26 Å². The molecule has 0 bridgehead atoms. The largest absolute Gasteiger partial charge is 0.478 e. The fourth-order valence-electron chi connectivity index (χ4n) is 0.431. The summed E-state index contributed by atoms with van der Waals surface area (Å²) in [7, 11) is 0. The molecule has 0 aromatic carbocycles. The molecular weight excluding hydrogens is 174 g/mol. The van der Waals surface area contributed by atoms with Gasteiger partial charge in [-0.15, -0.1) is 0 Å². The van der Waals surface area contributed by atoms with Crippen LogP contribution in [0.2, 0.25) is 0 Å². The quantitative estimate of drug-likeness (QED) is 0.290. The molecule has 1 N–H and O–H groups in total. The third-order valence-electron chi connectivity index (χ3n) is 1.07. The molecule has 1 atom stereocenters. The molecule has 0 aliphatic heterocycles. The van der Waals surface area contributed by atoms with Gasteiger partial charge in [-0.1, -0.05) is 13.2 Å². The minimum absolute atomic E-state index is 0.451. The van der Waals surface area contributed by atoms with Crippen molar-refractivity contribution in [1.29, 1.82) is 5.26 Å². The topological polar surface area (TPSA) is 87.4 Å². The van der Waals surface area contributed by atoms with Crippen molar-refractivity contribution in [3.05, 3.63) is 24.8 Å². The predicted molar refractivity (Wildman–Crippen MR) is 42.5 cm³/mol. The maximum absolute atomic E-state index is 10.8. The van der Waals surface area contributed by atoms with Crippen LogP contribution in [0.3, 0.4) is 0 Å². The van der Waals surface area contributed by atoms with E-state index < -0.39 is 23.6 Å². The van der Waals surface area contributed by atoms with Crippen molar-refractivity contribution in [3.63, 3.8) is 0 Å². The van der Waals surface area contributed by atoms with Gasteiger partial charge in [0.05, 0.1) is 0 Å². The van der Waals surface area contributed by atoms with Gasteiger partial charge < -0.3 is 9.84 Å². The third kappa shape index (κ3) is 3.20. The smallest absolute Gasteiger partial charge is 0.349 e. The lowest BCUT2D eigenvalue weighted by Gasteiger charge is -2.07. The second-order valence-electron chi connectivity index (χ2n) is 1.99. The van der Waals surface area contributed by atoms with Crippen molar-refractivity contribution < 1.29 is 19.4 Å². The molecule has 0 radical (unpaired) electrons. The Balaban J connectivity index is 4.36. The molecule has 0 fully saturated rings. The number of aliphatic carboxylic acids is 1. The Kier molecular flexibility index (Phi) is 3.96. The summed E-state index contributed by atoms with van der Waals surface area (Å²) in [5, 5.41) is 16.6. The van der Waals surface area contributed by atoms with Gasteiger partial charge in [0.15, 0.2) is 0 Å². The summed E-state index contributed by atoms with van der Waals surface area (Å²) in [5.74, 6) is -2.41. The van der Waals surface area contributed by atoms with E-state index in [2.05, 4.69) is 17.9 Å². The van der Waals surface area contributed by atoms with Crippen LogP contribution < -0.4 is 0 Å². The number of hydrogen-bond acceptors (Lipinski definition) is 4. The van der Waals surface area contributed by atoms with Gasteiger partial charge >= 0.3 is 11.9 Å². The first-order chi connectivity index (χ1) is 6.02. The Hall–Kier alpha value is -2.09. The first-order valence-electron chi connectivity index (χ1n) is 3.18. The average molecular weight is 181 g/mol. The second kappa shape index (κ2) is 4.72. The molecule has 0 rings (SSSR count). The first-order valence-corrected chi connectivity index (χ1v) is 3.18. The Morgan fingerprint density at radius 2 is 2.15 bits per heavy atom. The molecule has 13 heavy (non-hydrogen) atoms. The predicted octanol–water partition coefficient (Wildman–Crippen LogP) is 0.249. The highest BCUT2D eigenvalue weighted by molar-refractivity contribution is 5.93.